The average Bonchev–Trinajstić information content (AvgIpc) is 2.55. The maximum absolute atomic E-state index is 5.94. The molecule has 1 fully saturated rings. The molecule has 1 aromatic carbocycles. The van der Waals surface area contributed by atoms with Crippen LogP contribution >= 0.6 is 11.6 Å². The summed E-state index contributed by atoms with van der Waals surface area (Å²) in [5.41, 5.74) is 1.23. The fraction of sp³-hybridized carbons (Fsp3) is 0.611. The van der Waals surface area contributed by atoms with Gasteiger partial charge in [0.15, 0.2) is 5.96 Å². The van der Waals surface area contributed by atoms with Gasteiger partial charge in [0.25, 0.3) is 0 Å². The van der Waals surface area contributed by atoms with Crippen LogP contribution in [0.15, 0.2) is 29.3 Å². The maximum atomic E-state index is 5.94. The quantitative estimate of drug-likeness (QED) is 0.662. The third-order valence-electron chi connectivity index (χ3n) is 4.58. The molecule has 1 aliphatic heterocycles. The molecule has 0 bridgehead atoms. The van der Waals surface area contributed by atoms with Crippen LogP contribution in [0.1, 0.15) is 24.8 Å². The number of hydrogen-bond donors (Lipinski definition) is 1. The molecule has 0 aliphatic carbocycles. The van der Waals surface area contributed by atoms with Gasteiger partial charge in [-0.1, -0.05) is 23.7 Å². The van der Waals surface area contributed by atoms with E-state index < -0.39 is 0 Å². The number of piperidine rings is 1. The van der Waals surface area contributed by atoms with Gasteiger partial charge in [0.05, 0.1) is 0 Å². The molecule has 0 unspecified atom stereocenters. The number of aliphatic imine (C=N–C) groups is 1. The first-order valence-corrected chi connectivity index (χ1v) is 8.81. The zero-order chi connectivity index (χ0) is 16.7. The standard InChI is InChI=1S/C18H29ClN4/c1-20-18(21-11-8-15-9-12-22(2)13-10-15)23(3)14-16-4-6-17(19)7-5-16/h4-7,15H,8-14H2,1-3H3,(H,20,21). The highest BCUT2D eigenvalue weighted by molar-refractivity contribution is 6.30. The molecular weight excluding hydrogens is 308 g/mol. The highest BCUT2D eigenvalue weighted by atomic mass is 35.5. The lowest BCUT2D eigenvalue weighted by Gasteiger charge is -2.29. The number of rotatable bonds is 5. The second-order valence-corrected chi connectivity index (χ2v) is 6.93. The number of hydrogen-bond acceptors (Lipinski definition) is 2. The second-order valence-electron chi connectivity index (χ2n) is 6.49. The Morgan fingerprint density at radius 1 is 1.30 bits per heavy atom. The van der Waals surface area contributed by atoms with Crippen molar-refractivity contribution in [1.29, 1.82) is 0 Å². The summed E-state index contributed by atoms with van der Waals surface area (Å²) >= 11 is 5.94. The minimum atomic E-state index is 0.775. The monoisotopic (exact) mass is 336 g/mol. The molecular formula is C18H29ClN4. The predicted molar refractivity (Wildman–Crippen MR) is 99.1 cm³/mol. The van der Waals surface area contributed by atoms with Crippen molar-refractivity contribution in [3.8, 4) is 0 Å². The fourth-order valence-corrected chi connectivity index (χ4v) is 3.19. The van der Waals surface area contributed by atoms with Gasteiger partial charge in [0, 0.05) is 32.2 Å². The highest BCUT2D eigenvalue weighted by Gasteiger charge is 2.16. The summed E-state index contributed by atoms with van der Waals surface area (Å²) in [6.45, 7) is 4.28. The van der Waals surface area contributed by atoms with Crippen LogP contribution in [0.3, 0.4) is 0 Å². The van der Waals surface area contributed by atoms with E-state index in [2.05, 4.69) is 46.3 Å². The van der Waals surface area contributed by atoms with Crippen LogP contribution in [0.4, 0.5) is 0 Å². The summed E-state index contributed by atoms with van der Waals surface area (Å²) in [6, 6.07) is 7.98. The van der Waals surface area contributed by atoms with Crippen molar-refractivity contribution in [2.45, 2.75) is 25.8 Å². The number of halogens is 1. The minimum Gasteiger partial charge on any atom is -0.356 e. The van der Waals surface area contributed by atoms with E-state index in [4.69, 9.17) is 11.6 Å². The van der Waals surface area contributed by atoms with E-state index in [9.17, 15) is 0 Å². The minimum absolute atomic E-state index is 0.775. The Morgan fingerprint density at radius 2 is 1.96 bits per heavy atom. The van der Waals surface area contributed by atoms with E-state index in [1.807, 2.05) is 19.2 Å². The van der Waals surface area contributed by atoms with E-state index >= 15 is 0 Å². The Labute approximate surface area is 145 Å². The van der Waals surface area contributed by atoms with Crippen molar-refractivity contribution in [1.82, 2.24) is 15.1 Å². The van der Waals surface area contributed by atoms with Crippen molar-refractivity contribution in [2.75, 3.05) is 40.8 Å². The van der Waals surface area contributed by atoms with E-state index in [0.29, 0.717) is 0 Å². The summed E-state index contributed by atoms with van der Waals surface area (Å²) in [7, 11) is 6.12. The summed E-state index contributed by atoms with van der Waals surface area (Å²) < 4.78 is 0. The molecule has 4 nitrogen and oxygen atoms in total. The van der Waals surface area contributed by atoms with Gasteiger partial charge in [-0.25, -0.2) is 0 Å². The van der Waals surface area contributed by atoms with E-state index in [1.54, 1.807) is 0 Å². The zero-order valence-electron chi connectivity index (χ0n) is 14.6. The van der Waals surface area contributed by atoms with Gasteiger partial charge < -0.3 is 15.1 Å². The van der Waals surface area contributed by atoms with E-state index in [-0.39, 0.29) is 0 Å². The van der Waals surface area contributed by atoms with Gasteiger partial charge in [-0.3, -0.25) is 4.99 Å². The fourth-order valence-electron chi connectivity index (χ4n) is 3.06. The molecule has 0 amide bonds. The van der Waals surface area contributed by atoms with Crippen LogP contribution in [0.25, 0.3) is 0 Å². The van der Waals surface area contributed by atoms with E-state index in [0.717, 1.165) is 30.0 Å². The molecule has 1 heterocycles. The van der Waals surface area contributed by atoms with Crippen molar-refractivity contribution >= 4 is 17.6 Å². The Kier molecular flexibility index (Phi) is 7.18. The normalized spacial score (nSPS) is 17.3. The summed E-state index contributed by atoms with van der Waals surface area (Å²) in [4.78, 5) is 8.96. The lowest BCUT2D eigenvalue weighted by atomic mass is 9.94. The first-order valence-electron chi connectivity index (χ1n) is 8.43. The van der Waals surface area contributed by atoms with Crippen molar-refractivity contribution < 1.29 is 0 Å². The first kappa shape index (κ1) is 18.1. The smallest absolute Gasteiger partial charge is 0.193 e. The molecule has 1 N–H and O–H groups in total. The van der Waals surface area contributed by atoms with Crippen LogP contribution in [0.2, 0.25) is 5.02 Å². The third-order valence-corrected chi connectivity index (χ3v) is 4.83. The number of nitrogens with zero attached hydrogens (tertiary/aromatic N) is 3. The van der Waals surface area contributed by atoms with Gasteiger partial charge in [-0.15, -0.1) is 0 Å². The van der Waals surface area contributed by atoms with Gasteiger partial charge in [0.1, 0.15) is 0 Å². The van der Waals surface area contributed by atoms with Crippen LogP contribution in [0.5, 0.6) is 0 Å². The topological polar surface area (TPSA) is 30.9 Å². The van der Waals surface area contributed by atoms with Gasteiger partial charge in [-0.2, -0.15) is 0 Å². The molecule has 0 aromatic heterocycles. The Bertz CT molecular complexity index is 492. The number of benzene rings is 1. The van der Waals surface area contributed by atoms with Crippen LogP contribution in [0, 0.1) is 5.92 Å². The Balaban J connectivity index is 1.74. The average molecular weight is 337 g/mol. The van der Waals surface area contributed by atoms with Crippen molar-refractivity contribution in [3.05, 3.63) is 34.9 Å². The largest absolute Gasteiger partial charge is 0.356 e. The summed E-state index contributed by atoms with van der Waals surface area (Å²) in [5, 5.41) is 4.27. The summed E-state index contributed by atoms with van der Waals surface area (Å²) in [5.74, 6) is 1.80. The Hall–Kier alpha value is -1.26. The molecule has 1 saturated heterocycles. The van der Waals surface area contributed by atoms with Crippen LogP contribution in [-0.4, -0.2) is 56.5 Å². The highest BCUT2D eigenvalue weighted by Crippen LogP contribution is 2.18. The molecule has 0 saturated carbocycles. The first-order chi connectivity index (χ1) is 11.1. The predicted octanol–water partition coefficient (Wildman–Crippen LogP) is 3.08. The second kappa shape index (κ2) is 9.14. The molecule has 1 aromatic rings. The van der Waals surface area contributed by atoms with Gasteiger partial charge >= 0.3 is 0 Å². The number of guanidine groups is 1. The molecule has 0 atom stereocenters. The molecule has 128 valence electrons. The molecule has 23 heavy (non-hydrogen) atoms. The van der Waals surface area contributed by atoms with Crippen LogP contribution < -0.4 is 5.32 Å². The lowest BCUT2D eigenvalue weighted by Crippen LogP contribution is -2.40. The lowest BCUT2D eigenvalue weighted by molar-refractivity contribution is 0.212. The Morgan fingerprint density at radius 3 is 2.57 bits per heavy atom. The van der Waals surface area contributed by atoms with Gasteiger partial charge in [0.2, 0.25) is 0 Å². The molecule has 2 rings (SSSR count). The van der Waals surface area contributed by atoms with Crippen LogP contribution in [-0.2, 0) is 6.54 Å². The summed E-state index contributed by atoms with van der Waals surface area (Å²) in [6.07, 6.45) is 3.86. The third kappa shape index (κ3) is 6.04. The molecule has 0 spiro atoms. The SMILES string of the molecule is CN=C(NCCC1CCN(C)CC1)N(C)Cc1ccc(Cl)cc1. The van der Waals surface area contributed by atoms with Crippen molar-refractivity contribution in [2.24, 2.45) is 10.9 Å². The zero-order valence-corrected chi connectivity index (χ0v) is 15.3. The van der Waals surface area contributed by atoms with E-state index in [1.165, 1.54) is 37.9 Å². The number of nitrogens with one attached hydrogen (secondary N) is 1. The number of likely N-dealkylation sites (tertiary alicyclic amines) is 1. The van der Waals surface area contributed by atoms with Gasteiger partial charge in [-0.05, 0) is 63.0 Å². The molecule has 5 heteroatoms. The van der Waals surface area contributed by atoms with Crippen molar-refractivity contribution in [3.63, 3.8) is 0 Å². The maximum Gasteiger partial charge on any atom is 0.193 e. The molecule has 0 radical (unpaired) electrons. The molecule has 1 aliphatic rings.